The molecule has 234 valence electrons. The van der Waals surface area contributed by atoms with Crippen LogP contribution in [0.2, 0.25) is 0 Å². The molecule has 1 aromatic heterocycles. The summed E-state index contributed by atoms with van der Waals surface area (Å²) in [6, 6.07) is 1.45. The zero-order valence-electron chi connectivity index (χ0n) is 23.1. The first-order chi connectivity index (χ1) is 20.3. The lowest BCUT2D eigenvalue weighted by atomic mass is 10.0. The molecule has 43 heavy (non-hydrogen) atoms. The number of guanidine groups is 1. The maximum Gasteiger partial charge on any atom is 0.326 e. The van der Waals surface area contributed by atoms with E-state index in [1.165, 1.54) is 0 Å². The van der Waals surface area contributed by atoms with Crippen LogP contribution < -0.4 is 33.2 Å². The summed E-state index contributed by atoms with van der Waals surface area (Å²) >= 11 is 0. The van der Waals surface area contributed by atoms with Crippen molar-refractivity contribution in [1.29, 1.82) is 0 Å². The van der Waals surface area contributed by atoms with Gasteiger partial charge in [0.05, 0.1) is 12.5 Å². The molecule has 1 heterocycles. The van der Waals surface area contributed by atoms with Gasteiger partial charge in [0.2, 0.25) is 17.7 Å². The van der Waals surface area contributed by atoms with Gasteiger partial charge in [-0.3, -0.25) is 29.0 Å². The van der Waals surface area contributed by atoms with Gasteiger partial charge in [0.25, 0.3) is 0 Å². The molecular formula is C26H36N8O9. The van der Waals surface area contributed by atoms with Crippen LogP contribution in [0.15, 0.2) is 35.5 Å². The van der Waals surface area contributed by atoms with Gasteiger partial charge in [0.15, 0.2) is 5.96 Å². The van der Waals surface area contributed by atoms with Crippen molar-refractivity contribution in [2.75, 3.05) is 6.54 Å². The van der Waals surface area contributed by atoms with Gasteiger partial charge < -0.3 is 53.5 Å². The number of nitrogens with one attached hydrogen (secondary N) is 4. The van der Waals surface area contributed by atoms with E-state index in [1.807, 2.05) is 24.3 Å². The summed E-state index contributed by atoms with van der Waals surface area (Å²) in [5.41, 5.74) is 18.1. The Morgan fingerprint density at radius 1 is 0.837 bits per heavy atom. The normalized spacial score (nSPS) is 13.6. The van der Waals surface area contributed by atoms with E-state index in [9.17, 15) is 39.0 Å². The fourth-order valence-corrected chi connectivity index (χ4v) is 4.13. The number of rotatable bonds is 18. The first kappa shape index (κ1) is 34.0. The van der Waals surface area contributed by atoms with Crippen LogP contribution in [0.1, 0.15) is 37.7 Å². The summed E-state index contributed by atoms with van der Waals surface area (Å²) in [5, 5.41) is 35.5. The Labute approximate surface area is 245 Å². The number of aromatic amines is 1. The van der Waals surface area contributed by atoms with E-state index in [1.54, 1.807) is 6.20 Å². The van der Waals surface area contributed by atoms with Crippen LogP contribution in [-0.4, -0.2) is 92.6 Å². The number of hydrogen-bond acceptors (Lipinski definition) is 8. The van der Waals surface area contributed by atoms with E-state index in [4.69, 9.17) is 22.3 Å². The summed E-state index contributed by atoms with van der Waals surface area (Å²) in [7, 11) is 0. The minimum absolute atomic E-state index is 0.0741. The van der Waals surface area contributed by atoms with E-state index in [0.717, 1.165) is 16.5 Å². The van der Waals surface area contributed by atoms with E-state index in [0.29, 0.717) is 0 Å². The SMILES string of the molecule is NC(N)=NCCCC(NC(=O)C(CC(=O)O)NC(=O)C(CCC(=O)O)NC(=O)C(N)Cc1c[nH]c2ccccc12)C(=O)O. The smallest absolute Gasteiger partial charge is 0.326 e. The van der Waals surface area contributed by atoms with Gasteiger partial charge >= 0.3 is 17.9 Å². The number of carboxylic acids is 3. The van der Waals surface area contributed by atoms with Gasteiger partial charge in [0.1, 0.15) is 18.1 Å². The van der Waals surface area contributed by atoms with E-state index < -0.39 is 79.1 Å². The average molecular weight is 605 g/mol. The maximum atomic E-state index is 13.1. The highest BCUT2D eigenvalue weighted by Gasteiger charge is 2.32. The lowest BCUT2D eigenvalue weighted by Crippen LogP contribution is -2.57. The molecule has 4 unspecified atom stereocenters. The van der Waals surface area contributed by atoms with Crippen LogP contribution in [0.3, 0.4) is 0 Å². The van der Waals surface area contributed by atoms with Gasteiger partial charge in [-0.05, 0) is 37.3 Å². The number of carboxylic acid groups (broad SMARTS) is 3. The molecule has 4 atom stereocenters. The van der Waals surface area contributed by atoms with Gasteiger partial charge in [-0.2, -0.15) is 0 Å². The van der Waals surface area contributed by atoms with Crippen molar-refractivity contribution in [3.05, 3.63) is 36.0 Å². The van der Waals surface area contributed by atoms with Crippen molar-refractivity contribution in [3.8, 4) is 0 Å². The minimum atomic E-state index is -1.76. The number of benzene rings is 1. The van der Waals surface area contributed by atoms with Crippen LogP contribution in [0.25, 0.3) is 10.9 Å². The molecule has 0 spiro atoms. The lowest BCUT2D eigenvalue weighted by molar-refractivity contribution is -0.143. The standard InChI is InChI=1S/C26H36N8O9/c27-15(10-13-12-31-16-5-2-1-4-14(13)16)22(39)32-17(7-8-20(35)36)23(40)34-19(11-21(37)38)24(41)33-18(25(42)43)6-3-9-30-26(28)29/h1-2,4-5,12,15,17-19,31H,3,6-11,27H2,(H,32,39)(H,33,41)(H,34,40)(H,35,36)(H,37,38)(H,42,43)(H4,28,29,30). The molecule has 0 aliphatic carbocycles. The van der Waals surface area contributed by atoms with E-state index in [-0.39, 0.29) is 31.8 Å². The number of nitrogens with zero attached hydrogens (tertiary/aromatic N) is 1. The Kier molecular flexibility index (Phi) is 12.9. The second kappa shape index (κ2) is 16.3. The number of aromatic nitrogens is 1. The number of carbonyl (C=O) groups is 6. The highest BCUT2D eigenvalue weighted by molar-refractivity contribution is 5.96. The molecule has 0 aliphatic rings. The Morgan fingerprint density at radius 2 is 1.47 bits per heavy atom. The lowest BCUT2D eigenvalue weighted by Gasteiger charge is -2.24. The zero-order chi connectivity index (χ0) is 32.1. The average Bonchev–Trinajstić information content (AvgIpc) is 3.33. The largest absolute Gasteiger partial charge is 0.481 e. The summed E-state index contributed by atoms with van der Waals surface area (Å²) in [6.07, 6.45) is -0.0822. The first-order valence-corrected chi connectivity index (χ1v) is 13.2. The van der Waals surface area contributed by atoms with Crippen molar-refractivity contribution in [2.24, 2.45) is 22.2 Å². The predicted octanol–water partition coefficient (Wildman–Crippen LogP) is -2.03. The molecule has 2 aromatic rings. The van der Waals surface area contributed by atoms with Crippen molar-refractivity contribution in [1.82, 2.24) is 20.9 Å². The fourth-order valence-electron chi connectivity index (χ4n) is 4.13. The number of fused-ring (bicyclic) bond motifs is 1. The summed E-state index contributed by atoms with van der Waals surface area (Å²) in [5.74, 6) is -7.37. The molecule has 17 heteroatoms. The summed E-state index contributed by atoms with van der Waals surface area (Å²) in [4.78, 5) is 79.9. The molecule has 0 aliphatic heterocycles. The van der Waals surface area contributed by atoms with Gasteiger partial charge in [0, 0.05) is 30.1 Å². The quantitative estimate of drug-likeness (QED) is 0.0500. The molecule has 0 radical (unpaired) electrons. The topological polar surface area (TPSA) is 305 Å². The molecular weight excluding hydrogens is 568 g/mol. The molecule has 3 amide bonds. The maximum absolute atomic E-state index is 13.1. The van der Waals surface area contributed by atoms with E-state index in [2.05, 4.69) is 25.9 Å². The summed E-state index contributed by atoms with van der Waals surface area (Å²) in [6.45, 7) is 0.0741. The van der Waals surface area contributed by atoms with Gasteiger partial charge in [-0.15, -0.1) is 0 Å². The van der Waals surface area contributed by atoms with Crippen LogP contribution in [0, 0.1) is 0 Å². The number of hydrogen-bond donors (Lipinski definition) is 10. The monoisotopic (exact) mass is 604 g/mol. The van der Waals surface area contributed by atoms with E-state index >= 15 is 0 Å². The highest BCUT2D eigenvalue weighted by Crippen LogP contribution is 2.19. The Bertz CT molecular complexity index is 1360. The third kappa shape index (κ3) is 11.3. The third-order valence-electron chi connectivity index (χ3n) is 6.30. The number of aliphatic carboxylic acids is 3. The Morgan fingerprint density at radius 3 is 2.09 bits per heavy atom. The second-order valence-electron chi connectivity index (χ2n) is 9.67. The molecule has 0 bridgehead atoms. The second-order valence-corrected chi connectivity index (χ2v) is 9.67. The molecule has 13 N–H and O–H groups in total. The number of nitrogens with two attached hydrogens (primary N) is 3. The van der Waals surface area contributed by atoms with Crippen LogP contribution in [-0.2, 0) is 35.2 Å². The van der Waals surface area contributed by atoms with Gasteiger partial charge in [-0.1, -0.05) is 18.2 Å². The number of carbonyl (C=O) groups excluding carboxylic acids is 3. The number of H-pyrrole nitrogens is 1. The third-order valence-corrected chi connectivity index (χ3v) is 6.30. The molecule has 0 saturated heterocycles. The van der Waals surface area contributed by atoms with Crippen LogP contribution in [0.4, 0.5) is 0 Å². The number of aliphatic imine (C=N–C) groups is 1. The minimum Gasteiger partial charge on any atom is -0.481 e. The van der Waals surface area contributed by atoms with Gasteiger partial charge in [-0.25, -0.2) is 4.79 Å². The molecule has 2 rings (SSSR count). The van der Waals surface area contributed by atoms with Crippen molar-refractivity contribution in [3.63, 3.8) is 0 Å². The van der Waals surface area contributed by atoms with Crippen molar-refractivity contribution in [2.45, 2.75) is 62.7 Å². The molecule has 1 aromatic carbocycles. The van der Waals surface area contributed by atoms with Crippen LogP contribution >= 0.6 is 0 Å². The Hall–Kier alpha value is -5.19. The highest BCUT2D eigenvalue weighted by atomic mass is 16.4. The van der Waals surface area contributed by atoms with Crippen LogP contribution in [0.5, 0.6) is 0 Å². The molecule has 0 fully saturated rings. The van der Waals surface area contributed by atoms with Crippen molar-refractivity contribution < 1.29 is 44.1 Å². The zero-order valence-corrected chi connectivity index (χ0v) is 23.1. The number of amides is 3. The first-order valence-electron chi connectivity index (χ1n) is 13.2. The molecule has 0 saturated carbocycles. The fraction of sp³-hybridized carbons (Fsp3) is 0.423. The number of para-hydroxylation sites is 1. The summed E-state index contributed by atoms with van der Waals surface area (Å²) < 4.78 is 0. The molecule has 17 nitrogen and oxygen atoms in total. The Balaban J connectivity index is 2.13. The predicted molar refractivity (Wildman–Crippen MR) is 152 cm³/mol. The van der Waals surface area contributed by atoms with Crippen molar-refractivity contribution >= 4 is 52.5 Å².